The summed E-state index contributed by atoms with van der Waals surface area (Å²) in [5.74, 6) is 0.360. The van der Waals surface area contributed by atoms with Gasteiger partial charge < -0.3 is 10.0 Å². The molecular weight excluding hydrogens is 316 g/mol. The second-order valence-electron chi connectivity index (χ2n) is 5.58. The van der Waals surface area contributed by atoms with Crippen LogP contribution in [0.15, 0.2) is 34.9 Å². The highest BCUT2D eigenvalue weighted by molar-refractivity contribution is 9.10. The quantitative estimate of drug-likeness (QED) is 0.911. The third-order valence-electron chi connectivity index (χ3n) is 4.16. The average Bonchev–Trinajstić information content (AvgIpc) is 2.46. The number of piperidine rings is 1. The Morgan fingerprint density at radius 2 is 2.25 bits per heavy atom. The van der Waals surface area contributed by atoms with Crippen molar-refractivity contribution in [1.29, 1.82) is 0 Å². The fourth-order valence-electron chi connectivity index (χ4n) is 3.00. The van der Waals surface area contributed by atoms with Gasteiger partial charge in [0.2, 0.25) is 0 Å². The first-order valence-electron chi connectivity index (χ1n) is 7.12. The van der Waals surface area contributed by atoms with Crippen LogP contribution in [0.2, 0.25) is 0 Å². The van der Waals surface area contributed by atoms with Gasteiger partial charge in [-0.1, -0.05) is 15.9 Å². The highest BCUT2D eigenvalue weighted by Gasteiger charge is 2.24. The lowest BCUT2D eigenvalue weighted by molar-refractivity contribution is 0.115. The van der Waals surface area contributed by atoms with Crippen molar-refractivity contribution in [3.8, 4) is 0 Å². The standard InChI is InChI=1S/C16H19BrN2O/c1-11(20)12-3-2-8-19(10-12)16-6-7-18-15-5-4-13(17)9-14(15)16/h4-7,9,11-12,20H,2-3,8,10H2,1H3. The molecule has 2 unspecified atom stereocenters. The number of aliphatic hydroxyl groups is 1. The van der Waals surface area contributed by atoms with E-state index in [9.17, 15) is 5.11 Å². The fourth-order valence-corrected chi connectivity index (χ4v) is 3.36. The molecule has 2 atom stereocenters. The molecule has 2 aromatic rings. The summed E-state index contributed by atoms with van der Waals surface area (Å²) in [4.78, 5) is 6.82. The van der Waals surface area contributed by atoms with E-state index in [1.54, 1.807) is 0 Å². The Kier molecular flexibility index (Phi) is 3.94. The van der Waals surface area contributed by atoms with Crippen LogP contribution in [0.25, 0.3) is 10.9 Å². The molecule has 4 heteroatoms. The van der Waals surface area contributed by atoms with Crippen molar-refractivity contribution in [3.63, 3.8) is 0 Å². The van der Waals surface area contributed by atoms with Crippen LogP contribution < -0.4 is 4.90 Å². The summed E-state index contributed by atoms with van der Waals surface area (Å²) in [7, 11) is 0. The molecule has 0 radical (unpaired) electrons. The zero-order chi connectivity index (χ0) is 14.1. The second kappa shape index (κ2) is 5.70. The van der Waals surface area contributed by atoms with Gasteiger partial charge in [0, 0.05) is 40.8 Å². The van der Waals surface area contributed by atoms with Crippen molar-refractivity contribution in [2.75, 3.05) is 18.0 Å². The summed E-state index contributed by atoms with van der Waals surface area (Å²) in [6.07, 6.45) is 3.88. The van der Waals surface area contributed by atoms with Gasteiger partial charge in [-0.2, -0.15) is 0 Å². The molecule has 1 aliphatic heterocycles. The summed E-state index contributed by atoms with van der Waals surface area (Å²) in [5.41, 5.74) is 2.24. The van der Waals surface area contributed by atoms with E-state index in [0.29, 0.717) is 5.92 Å². The Balaban J connectivity index is 1.99. The van der Waals surface area contributed by atoms with Crippen molar-refractivity contribution in [1.82, 2.24) is 4.98 Å². The molecule has 3 rings (SSSR count). The van der Waals surface area contributed by atoms with E-state index in [4.69, 9.17) is 0 Å². The van der Waals surface area contributed by atoms with E-state index in [1.807, 2.05) is 25.3 Å². The zero-order valence-corrected chi connectivity index (χ0v) is 13.2. The van der Waals surface area contributed by atoms with E-state index in [1.165, 1.54) is 11.1 Å². The molecule has 0 aliphatic carbocycles. The number of nitrogens with zero attached hydrogens (tertiary/aromatic N) is 2. The molecule has 0 spiro atoms. The van der Waals surface area contributed by atoms with Crippen LogP contribution in [0.3, 0.4) is 0 Å². The van der Waals surface area contributed by atoms with E-state index < -0.39 is 0 Å². The first-order valence-corrected chi connectivity index (χ1v) is 7.92. The summed E-state index contributed by atoms with van der Waals surface area (Å²) in [6, 6.07) is 8.27. The first-order chi connectivity index (χ1) is 9.65. The number of rotatable bonds is 2. The average molecular weight is 335 g/mol. The zero-order valence-electron chi connectivity index (χ0n) is 11.6. The third kappa shape index (κ3) is 2.67. The van der Waals surface area contributed by atoms with Gasteiger partial charge in [0.05, 0.1) is 11.6 Å². The maximum Gasteiger partial charge on any atom is 0.0723 e. The molecule has 0 bridgehead atoms. The maximum atomic E-state index is 9.85. The topological polar surface area (TPSA) is 36.4 Å². The lowest BCUT2D eigenvalue weighted by Gasteiger charge is -2.36. The van der Waals surface area contributed by atoms with Gasteiger partial charge in [-0.25, -0.2) is 0 Å². The molecule has 2 heterocycles. The van der Waals surface area contributed by atoms with Gasteiger partial charge in [-0.05, 0) is 44.0 Å². The fraction of sp³-hybridized carbons (Fsp3) is 0.438. The number of halogens is 1. The predicted octanol–water partition coefficient (Wildman–Crippen LogP) is 3.59. The monoisotopic (exact) mass is 334 g/mol. The Labute approximate surface area is 127 Å². The van der Waals surface area contributed by atoms with Gasteiger partial charge in [0.1, 0.15) is 0 Å². The van der Waals surface area contributed by atoms with Crippen molar-refractivity contribution in [2.45, 2.75) is 25.9 Å². The maximum absolute atomic E-state index is 9.85. The van der Waals surface area contributed by atoms with Crippen LogP contribution in [-0.2, 0) is 0 Å². The van der Waals surface area contributed by atoms with E-state index >= 15 is 0 Å². The van der Waals surface area contributed by atoms with E-state index in [0.717, 1.165) is 35.9 Å². The van der Waals surface area contributed by atoms with Crippen LogP contribution in [-0.4, -0.2) is 29.3 Å². The van der Waals surface area contributed by atoms with Crippen LogP contribution in [0.5, 0.6) is 0 Å². The minimum atomic E-state index is -0.238. The Bertz CT molecular complexity index is 614. The molecular formula is C16H19BrN2O. The normalized spacial score (nSPS) is 21.1. The lowest BCUT2D eigenvalue weighted by atomic mass is 9.93. The molecule has 1 aromatic heterocycles. The molecule has 1 fully saturated rings. The summed E-state index contributed by atoms with van der Waals surface area (Å²) in [6.45, 7) is 3.87. The molecule has 20 heavy (non-hydrogen) atoms. The Morgan fingerprint density at radius 3 is 3.05 bits per heavy atom. The Hall–Kier alpha value is -1.13. The molecule has 1 saturated heterocycles. The highest BCUT2D eigenvalue weighted by Crippen LogP contribution is 2.31. The number of benzene rings is 1. The summed E-state index contributed by atoms with van der Waals surface area (Å²) >= 11 is 3.54. The van der Waals surface area contributed by atoms with Gasteiger partial charge in [0.25, 0.3) is 0 Å². The minimum absolute atomic E-state index is 0.238. The van der Waals surface area contributed by atoms with Gasteiger partial charge in [-0.3, -0.25) is 4.98 Å². The number of anilines is 1. The minimum Gasteiger partial charge on any atom is -0.393 e. The van der Waals surface area contributed by atoms with Crippen molar-refractivity contribution in [2.24, 2.45) is 5.92 Å². The van der Waals surface area contributed by atoms with Crippen LogP contribution in [0.4, 0.5) is 5.69 Å². The number of aliphatic hydroxyl groups excluding tert-OH is 1. The Morgan fingerprint density at radius 1 is 1.40 bits per heavy atom. The van der Waals surface area contributed by atoms with Crippen molar-refractivity contribution in [3.05, 3.63) is 34.9 Å². The van der Waals surface area contributed by atoms with Crippen LogP contribution in [0.1, 0.15) is 19.8 Å². The van der Waals surface area contributed by atoms with Gasteiger partial charge in [-0.15, -0.1) is 0 Å². The smallest absolute Gasteiger partial charge is 0.0723 e. The third-order valence-corrected chi connectivity index (χ3v) is 4.65. The molecule has 1 aromatic carbocycles. The van der Waals surface area contributed by atoms with Crippen molar-refractivity contribution >= 4 is 32.5 Å². The van der Waals surface area contributed by atoms with Crippen molar-refractivity contribution < 1.29 is 5.11 Å². The predicted molar refractivity (Wildman–Crippen MR) is 86.1 cm³/mol. The number of pyridine rings is 1. The van der Waals surface area contributed by atoms with Gasteiger partial charge in [0.15, 0.2) is 0 Å². The van der Waals surface area contributed by atoms with Crippen LogP contribution >= 0.6 is 15.9 Å². The summed E-state index contributed by atoms with van der Waals surface area (Å²) < 4.78 is 1.07. The molecule has 0 saturated carbocycles. The number of hydrogen-bond acceptors (Lipinski definition) is 3. The number of fused-ring (bicyclic) bond motifs is 1. The largest absolute Gasteiger partial charge is 0.393 e. The summed E-state index contributed by atoms with van der Waals surface area (Å²) in [5, 5.41) is 11.0. The molecule has 1 aliphatic rings. The van der Waals surface area contributed by atoms with Gasteiger partial charge >= 0.3 is 0 Å². The molecule has 106 valence electrons. The second-order valence-corrected chi connectivity index (χ2v) is 6.50. The molecule has 0 amide bonds. The highest BCUT2D eigenvalue weighted by atomic mass is 79.9. The van der Waals surface area contributed by atoms with Crippen LogP contribution in [0, 0.1) is 5.92 Å². The lowest BCUT2D eigenvalue weighted by Crippen LogP contribution is -2.39. The van der Waals surface area contributed by atoms with E-state index in [2.05, 4.69) is 37.9 Å². The number of aromatic nitrogens is 1. The van der Waals surface area contributed by atoms with E-state index in [-0.39, 0.29) is 6.10 Å². The molecule has 3 nitrogen and oxygen atoms in total. The number of hydrogen-bond donors (Lipinski definition) is 1. The molecule has 1 N–H and O–H groups in total. The first kappa shape index (κ1) is 13.8. The SMILES string of the molecule is CC(O)C1CCCN(c2ccnc3ccc(Br)cc23)C1.